The van der Waals surface area contributed by atoms with Crippen LogP contribution < -0.4 is 0 Å². The van der Waals surface area contributed by atoms with Crippen molar-refractivity contribution in [3.63, 3.8) is 0 Å². The third-order valence-corrected chi connectivity index (χ3v) is 6.09. The maximum Gasteiger partial charge on any atom is 0.382 e. The van der Waals surface area contributed by atoms with Gasteiger partial charge in [0.15, 0.2) is 0 Å². The summed E-state index contributed by atoms with van der Waals surface area (Å²) in [5, 5.41) is 6.50. The van der Waals surface area contributed by atoms with E-state index in [1.54, 1.807) is 45.3 Å². The van der Waals surface area contributed by atoms with Gasteiger partial charge in [0.1, 0.15) is 0 Å². The molecular weight excluding hydrogens is 496 g/mol. The molecule has 10 heteroatoms. The topological polar surface area (TPSA) is 119 Å². The van der Waals surface area contributed by atoms with Crippen LogP contribution in [0, 0.1) is 5.41 Å². The number of hydrogen-bond acceptors (Lipinski definition) is 8. The van der Waals surface area contributed by atoms with E-state index in [-0.39, 0.29) is 12.8 Å². The van der Waals surface area contributed by atoms with Gasteiger partial charge in [0.25, 0.3) is 0 Å². The third-order valence-electron chi connectivity index (χ3n) is 5.84. The molecule has 2 heterocycles. The minimum atomic E-state index is -1.23. The minimum absolute atomic E-state index is 0.253. The van der Waals surface area contributed by atoms with Gasteiger partial charge in [-0.2, -0.15) is 5.10 Å². The fourth-order valence-electron chi connectivity index (χ4n) is 3.83. The number of hydrazone groups is 1. The highest BCUT2D eigenvalue weighted by Gasteiger charge is 2.34. The summed E-state index contributed by atoms with van der Waals surface area (Å²) >= 11 is 6.02. The fraction of sp³-hybridized carbons (Fsp3) is 0.296. The Labute approximate surface area is 218 Å². The van der Waals surface area contributed by atoms with Crippen molar-refractivity contribution in [1.29, 1.82) is 0 Å². The minimum Gasteiger partial charge on any atom is -0.387 e. The Bertz CT molecular complexity index is 1410. The Balaban J connectivity index is 1.53. The molecule has 0 saturated carbocycles. The van der Waals surface area contributed by atoms with Crippen molar-refractivity contribution in [2.24, 2.45) is 10.5 Å². The van der Waals surface area contributed by atoms with Gasteiger partial charge in [-0.25, -0.2) is 9.80 Å². The molecule has 0 aliphatic carbocycles. The average molecular weight is 521 g/mol. The summed E-state index contributed by atoms with van der Waals surface area (Å²) in [7, 11) is 0. The highest BCUT2D eigenvalue weighted by molar-refractivity contribution is 6.37. The number of rotatable bonds is 6. The van der Waals surface area contributed by atoms with Crippen LogP contribution in [-0.4, -0.2) is 44.3 Å². The molecule has 2 aromatic carbocycles. The number of esters is 2. The van der Waals surface area contributed by atoms with Crippen LogP contribution >= 0.6 is 11.6 Å². The van der Waals surface area contributed by atoms with Crippen LogP contribution in [0.1, 0.15) is 57.2 Å². The van der Waals surface area contributed by atoms with Gasteiger partial charge in [0.05, 0.1) is 29.2 Å². The molecule has 190 valence electrons. The molecule has 1 unspecified atom stereocenters. The van der Waals surface area contributed by atoms with Crippen LogP contribution in [0.2, 0.25) is 5.02 Å². The summed E-state index contributed by atoms with van der Waals surface area (Å²) in [5.41, 5.74) is 2.73. The van der Waals surface area contributed by atoms with E-state index in [9.17, 15) is 19.2 Å². The van der Waals surface area contributed by atoms with E-state index >= 15 is 0 Å². The predicted molar refractivity (Wildman–Crippen MR) is 137 cm³/mol. The Morgan fingerprint density at radius 3 is 2.32 bits per heavy atom. The number of carbonyl (C=O) groups excluding carboxylic acids is 4. The van der Waals surface area contributed by atoms with Crippen molar-refractivity contribution in [1.82, 2.24) is 15.0 Å². The molecule has 3 aromatic rings. The highest BCUT2D eigenvalue weighted by atomic mass is 35.5. The van der Waals surface area contributed by atoms with Gasteiger partial charge < -0.3 is 4.74 Å². The summed E-state index contributed by atoms with van der Waals surface area (Å²) in [6.45, 7) is 4.65. The van der Waals surface area contributed by atoms with E-state index in [2.05, 4.69) is 19.8 Å². The Hall–Kier alpha value is -3.98. The molecule has 0 saturated heterocycles. The highest BCUT2D eigenvalue weighted by Crippen LogP contribution is 2.34. The number of hydrogen-bond donors (Lipinski definition) is 0. The number of aromatic nitrogens is 2. The molecule has 1 atom stereocenters. The Morgan fingerprint density at radius 1 is 0.973 bits per heavy atom. The van der Waals surface area contributed by atoms with E-state index < -0.39 is 35.1 Å². The first kappa shape index (κ1) is 26.1. The zero-order valence-corrected chi connectivity index (χ0v) is 21.4. The van der Waals surface area contributed by atoms with Crippen molar-refractivity contribution in [2.45, 2.75) is 46.1 Å². The number of benzene rings is 2. The van der Waals surface area contributed by atoms with E-state index in [1.165, 1.54) is 5.01 Å². The number of halogens is 1. The normalized spacial score (nSPS) is 15.4. The lowest BCUT2D eigenvalue weighted by molar-refractivity contribution is -0.166. The van der Waals surface area contributed by atoms with Gasteiger partial charge in [-0.05, 0) is 35.4 Å². The maximum absolute atomic E-state index is 13.2. The summed E-state index contributed by atoms with van der Waals surface area (Å²) in [5.74, 6) is -3.43. The van der Waals surface area contributed by atoms with Crippen LogP contribution in [-0.2, 0) is 23.9 Å². The van der Waals surface area contributed by atoms with Crippen molar-refractivity contribution in [3.05, 3.63) is 71.0 Å². The molecule has 1 amide bonds. The first-order valence-corrected chi connectivity index (χ1v) is 12.1. The lowest BCUT2D eigenvalue weighted by atomic mass is 9.91. The number of nitrogens with zero attached hydrogens (tertiary/aromatic N) is 4. The predicted octanol–water partition coefficient (Wildman–Crippen LogP) is 4.43. The van der Waals surface area contributed by atoms with Crippen LogP contribution in [0.25, 0.3) is 11.0 Å². The van der Waals surface area contributed by atoms with Gasteiger partial charge >= 0.3 is 11.9 Å². The van der Waals surface area contributed by atoms with Crippen molar-refractivity contribution in [2.75, 3.05) is 0 Å². The maximum atomic E-state index is 13.2. The van der Waals surface area contributed by atoms with E-state index in [0.29, 0.717) is 22.7 Å². The molecule has 9 nitrogen and oxygen atoms in total. The number of amides is 1. The summed E-state index contributed by atoms with van der Waals surface area (Å²) in [6.07, 6.45) is 3.00. The van der Waals surface area contributed by atoms with Gasteiger partial charge in [0, 0.05) is 35.7 Å². The van der Waals surface area contributed by atoms with Crippen molar-refractivity contribution < 1.29 is 23.9 Å². The van der Waals surface area contributed by atoms with E-state index in [0.717, 1.165) is 16.6 Å². The molecular formula is C27H25ClN4O5. The smallest absolute Gasteiger partial charge is 0.382 e. The molecule has 0 N–H and O–H groups in total. The third kappa shape index (κ3) is 6.06. The van der Waals surface area contributed by atoms with Gasteiger partial charge in [-0.15, -0.1) is 0 Å². The number of fused-ring (bicyclic) bond motifs is 1. The molecule has 1 aromatic heterocycles. The molecule has 4 rings (SSSR count). The van der Waals surface area contributed by atoms with Crippen molar-refractivity contribution >= 4 is 52.0 Å². The zero-order valence-electron chi connectivity index (χ0n) is 20.6. The standard InChI is InChI=1S/C27H25ClN4O5/c1-27(2,3)25(35)26(36)37-24(34)11-10-23(33)32-22(15-20(31-32)16-4-7-18(28)8-5-16)17-6-9-19-21(14-17)30-13-12-29-19/h4-9,12-14,22H,10-11,15H2,1-3H3. The molecule has 0 bridgehead atoms. The molecule has 1 aliphatic heterocycles. The second-order valence-corrected chi connectivity index (χ2v) is 10.1. The lowest BCUT2D eigenvalue weighted by Crippen LogP contribution is -2.32. The number of ketones is 1. The van der Waals surface area contributed by atoms with E-state index in [4.69, 9.17) is 11.6 Å². The monoisotopic (exact) mass is 520 g/mol. The summed E-state index contributed by atoms with van der Waals surface area (Å²) in [4.78, 5) is 58.0. The summed E-state index contributed by atoms with van der Waals surface area (Å²) < 4.78 is 4.65. The van der Waals surface area contributed by atoms with Crippen LogP contribution in [0.5, 0.6) is 0 Å². The van der Waals surface area contributed by atoms with Crippen molar-refractivity contribution in [3.8, 4) is 0 Å². The molecule has 0 fully saturated rings. The second kappa shape index (κ2) is 10.6. The Kier molecular flexibility index (Phi) is 7.45. The van der Waals surface area contributed by atoms with Gasteiger partial charge in [0.2, 0.25) is 11.7 Å². The first-order chi connectivity index (χ1) is 17.5. The second-order valence-electron chi connectivity index (χ2n) is 9.66. The SMILES string of the molecule is CC(C)(C)C(=O)C(=O)OC(=O)CCC(=O)N1N=C(c2ccc(Cl)cc2)CC1c1ccc2nccnc2c1. The average Bonchev–Trinajstić information content (AvgIpc) is 3.32. The fourth-order valence-corrected chi connectivity index (χ4v) is 3.96. The first-order valence-electron chi connectivity index (χ1n) is 11.7. The number of Topliss-reactive ketones (excluding diaryl/α,β-unsaturated/α-hetero) is 1. The molecule has 0 radical (unpaired) electrons. The lowest BCUT2D eigenvalue weighted by Gasteiger charge is -2.22. The molecule has 0 spiro atoms. The van der Waals surface area contributed by atoms with Crippen LogP contribution in [0.4, 0.5) is 0 Å². The number of ether oxygens (including phenoxy) is 1. The molecule has 1 aliphatic rings. The summed E-state index contributed by atoms with van der Waals surface area (Å²) in [6, 6.07) is 12.3. The van der Waals surface area contributed by atoms with E-state index in [1.807, 2.05) is 30.3 Å². The van der Waals surface area contributed by atoms with Gasteiger partial charge in [-0.3, -0.25) is 24.4 Å². The van der Waals surface area contributed by atoms with Crippen LogP contribution in [0.3, 0.4) is 0 Å². The molecule has 37 heavy (non-hydrogen) atoms. The zero-order chi connectivity index (χ0) is 26.7. The van der Waals surface area contributed by atoms with Gasteiger partial charge in [-0.1, -0.05) is 50.6 Å². The number of carbonyl (C=O) groups is 4. The quantitative estimate of drug-likeness (QED) is 0.268. The van der Waals surface area contributed by atoms with Crippen LogP contribution in [0.15, 0.2) is 60.0 Å². The largest absolute Gasteiger partial charge is 0.387 e. The Morgan fingerprint density at radius 2 is 1.65 bits per heavy atom.